The number of hydrogen-bond acceptors (Lipinski definition) is 5. The predicted molar refractivity (Wildman–Crippen MR) is 85.2 cm³/mol. The monoisotopic (exact) mass is 321 g/mol. The molecule has 0 aliphatic carbocycles. The van der Waals surface area contributed by atoms with Gasteiger partial charge in [0.1, 0.15) is 25.2 Å². The molecule has 0 atom stereocenters. The molecule has 0 unspecified atom stereocenters. The fourth-order valence-electron chi connectivity index (χ4n) is 2.19. The van der Waals surface area contributed by atoms with Crippen LogP contribution >= 0.6 is 11.3 Å². The van der Waals surface area contributed by atoms with Gasteiger partial charge in [-0.15, -0.1) is 0 Å². The highest BCUT2D eigenvalue weighted by Crippen LogP contribution is 2.31. The van der Waals surface area contributed by atoms with E-state index in [-0.39, 0.29) is 5.75 Å². The number of thiazole rings is 1. The van der Waals surface area contributed by atoms with E-state index in [1.807, 2.05) is 29.8 Å². The number of hydrogen-bond donors (Lipinski definition) is 0. The van der Waals surface area contributed by atoms with Gasteiger partial charge in [-0.2, -0.15) is 0 Å². The van der Waals surface area contributed by atoms with Crippen LogP contribution in [0, 0.1) is 0 Å². The Kier molecular flexibility index (Phi) is 3.54. The highest BCUT2D eigenvalue weighted by atomic mass is 32.2. The molecule has 3 heterocycles. The number of aromatic nitrogens is 3. The van der Waals surface area contributed by atoms with Gasteiger partial charge in [0.05, 0.1) is 5.75 Å². The average molecular weight is 321 g/mol. The molecule has 0 spiro atoms. The molecule has 0 N–H and O–H groups in total. The van der Waals surface area contributed by atoms with Crippen molar-refractivity contribution in [2.75, 3.05) is 12.0 Å². The molecule has 0 aromatic carbocycles. The van der Waals surface area contributed by atoms with E-state index < -0.39 is 9.84 Å². The third kappa shape index (κ3) is 2.98. The van der Waals surface area contributed by atoms with E-state index in [4.69, 9.17) is 0 Å². The number of aryl methyl sites for hydroxylation is 2. The van der Waals surface area contributed by atoms with Gasteiger partial charge in [0.2, 0.25) is 0 Å². The summed E-state index contributed by atoms with van der Waals surface area (Å²) >= 11 is 1.59. The summed E-state index contributed by atoms with van der Waals surface area (Å²) in [5.41, 5.74) is 2.90. The summed E-state index contributed by atoms with van der Waals surface area (Å²) in [6.07, 6.45) is 5.31. The van der Waals surface area contributed by atoms with Crippen LogP contribution in [-0.2, 0) is 23.3 Å². The van der Waals surface area contributed by atoms with Crippen molar-refractivity contribution < 1.29 is 8.42 Å². The zero-order valence-electron chi connectivity index (χ0n) is 11.8. The minimum absolute atomic E-state index is 0.160. The molecular formula is C14H15N3O2S2. The first-order chi connectivity index (χ1) is 9.94. The standard InChI is InChI=1S/C14H15N3O2S2/c1-17-11(5-7-21(2,18)19)8-12-14(17)20-13(16-12)10-4-3-6-15-9-10/h3-4,6,8-9H,5,7H2,1-2H3. The molecule has 0 aliphatic heterocycles. The number of sulfone groups is 1. The summed E-state index contributed by atoms with van der Waals surface area (Å²) in [5.74, 6) is 0.160. The lowest BCUT2D eigenvalue weighted by atomic mass is 10.3. The summed E-state index contributed by atoms with van der Waals surface area (Å²) in [6, 6.07) is 5.84. The topological polar surface area (TPSA) is 64.8 Å². The van der Waals surface area contributed by atoms with Gasteiger partial charge >= 0.3 is 0 Å². The molecule has 7 heteroatoms. The Balaban J connectivity index is 1.95. The van der Waals surface area contributed by atoms with Gasteiger partial charge in [0.25, 0.3) is 0 Å². The zero-order chi connectivity index (χ0) is 15.0. The Morgan fingerprint density at radius 1 is 1.38 bits per heavy atom. The third-order valence-electron chi connectivity index (χ3n) is 3.31. The Hall–Kier alpha value is -1.73. The van der Waals surface area contributed by atoms with Crippen molar-refractivity contribution in [3.05, 3.63) is 36.3 Å². The van der Waals surface area contributed by atoms with Crippen LogP contribution in [-0.4, -0.2) is 35.0 Å². The second-order valence-electron chi connectivity index (χ2n) is 5.03. The lowest BCUT2D eigenvalue weighted by molar-refractivity contribution is 0.600. The molecule has 0 bridgehead atoms. The first-order valence-electron chi connectivity index (χ1n) is 6.47. The van der Waals surface area contributed by atoms with Gasteiger partial charge in [-0.3, -0.25) is 4.98 Å². The van der Waals surface area contributed by atoms with Crippen molar-refractivity contribution in [3.63, 3.8) is 0 Å². The number of nitrogens with zero attached hydrogens (tertiary/aromatic N) is 3. The fraction of sp³-hybridized carbons (Fsp3) is 0.286. The summed E-state index contributed by atoms with van der Waals surface area (Å²) in [5, 5.41) is 0.929. The Morgan fingerprint density at radius 2 is 2.19 bits per heavy atom. The number of pyridine rings is 1. The highest BCUT2D eigenvalue weighted by molar-refractivity contribution is 7.90. The quantitative estimate of drug-likeness (QED) is 0.739. The molecule has 21 heavy (non-hydrogen) atoms. The van der Waals surface area contributed by atoms with Crippen molar-refractivity contribution >= 4 is 31.5 Å². The van der Waals surface area contributed by atoms with Crippen LogP contribution in [0.1, 0.15) is 5.69 Å². The van der Waals surface area contributed by atoms with E-state index in [1.165, 1.54) is 6.26 Å². The molecule has 110 valence electrons. The molecule has 0 radical (unpaired) electrons. The summed E-state index contributed by atoms with van der Waals surface area (Å²) in [6.45, 7) is 0. The van der Waals surface area contributed by atoms with Gasteiger partial charge in [-0.25, -0.2) is 13.4 Å². The van der Waals surface area contributed by atoms with E-state index in [0.717, 1.165) is 26.6 Å². The van der Waals surface area contributed by atoms with E-state index in [0.29, 0.717) is 6.42 Å². The van der Waals surface area contributed by atoms with Crippen molar-refractivity contribution in [2.45, 2.75) is 6.42 Å². The second kappa shape index (κ2) is 5.23. The maximum Gasteiger partial charge on any atom is 0.147 e. The number of fused-ring (bicyclic) bond motifs is 1. The normalized spacial score (nSPS) is 12.1. The van der Waals surface area contributed by atoms with Crippen LogP contribution < -0.4 is 0 Å². The second-order valence-corrected chi connectivity index (χ2v) is 8.26. The Bertz CT molecular complexity index is 880. The number of rotatable bonds is 4. The van der Waals surface area contributed by atoms with Gasteiger partial charge in [0.15, 0.2) is 0 Å². The lowest BCUT2D eigenvalue weighted by Gasteiger charge is -2.02. The molecule has 5 nitrogen and oxygen atoms in total. The largest absolute Gasteiger partial charge is 0.338 e. The van der Waals surface area contributed by atoms with Gasteiger partial charge < -0.3 is 4.57 Å². The van der Waals surface area contributed by atoms with Crippen molar-refractivity contribution in [2.24, 2.45) is 7.05 Å². The molecule has 3 aromatic heterocycles. The summed E-state index contributed by atoms with van der Waals surface area (Å²) in [7, 11) is -1.000. The minimum atomic E-state index is -2.95. The molecule has 0 aliphatic rings. The van der Waals surface area contributed by atoms with Crippen LogP contribution in [0.2, 0.25) is 0 Å². The smallest absolute Gasteiger partial charge is 0.147 e. The van der Waals surface area contributed by atoms with E-state index in [2.05, 4.69) is 9.97 Å². The van der Waals surface area contributed by atoms with Crippen LogP contribution in [0.3, 0.4) is 0 Å². The zero-order valence-corrected chi connectivity index (χ0v) is 13.4. The molecular weight excluding hydrogens is 306 g/mol. The summed E-state index contributed by atoms with van der Waals surface area (Å²) in [4.78, 5) is 9.78. The molecule has 0 fully saturated rings. The molecule has 3 aromatic rings. The Labute approximate surface area is 127 Å². The molecule has 0 saturated carbocycles. The fourth-order valence-corrected chi connectivity index (χ4v) is 3.79. The average Bonchev–Trinajstić information content (AvgIpc) is 2.97. The van der Waals surface area contributed by atoms with Crippen molar-refractivity contribution in [1.29, 1.82) is 0 Å². The highest BCUT2D eigenvalue weighted by Gasteiger charge is 2.14. The first-order valence-corrected chi connectivity index (χ1v) is 9.35. The predicted octanol–water partition coefficient (Wildman–Crippen LogP) is 2.28. The minimum Gasteiger partial charge on any atom is -0.338 e. The maximum atomic E-state index is 11.3. The molecule has 0 saturated heterocycles. The van der Waals surface area contributed by atoms with Crippen molar-refractivity contribution in [1.82, 2.24) is 14.5 Å². The van der Waals surface area contributed by atoms with Gasteiger partial charge in [-0.05, 0) is 18.2 Å². The van der Waals surface area contributed by atoms with Gasteiger partial charge in [-0.1, -0.05) is 11.3 Å². The SMILES string of the molecule is Cn1c(CCS(C)(=O)=O)cc2nc(-c3cccnc3)sc21. The first kappa shape index (κ1) is 14.2. The molecule has 3 rings (SSSR count). The van der Waals surface area contributed by atoms with Crippen LogP contribution in [0.4, 0.5) is 0 Å². The lowest BCUT2D eigenvalue weighted by Crippen LogP contribution is -2.08. The van der Waals surface area contributed by atoms with Crippen LogP contribution in [0.15, 0.2) is 30.6 Å². The van der Waals surface area contributed by atoms with E-state index in [9.17, 15) is 8.42 Å². The van der Waals surface area contributed by atoms with E-state index >= 15 is 0 Å². The van der Waals surface area contributed by atoms with Crippen molar-refractivity contribution in [3.8, 4) is 10.6 Å². The van der Waals surface area contributed by atoms with Crippen LogP contribution in [0.5, 0.6) is 0 Å². The van der Waals surface area contributed by atoms with Crippen LogP contribution in [0.25, 0.3) is 20.9 Å². The summed E-state index contributed by atoms with van der Waals surface area (Å²) < 4.78 is 24.6. The van der Waals surface area contributed by atoms with E-state index in [1.54, 1.807) is 23.7 Å². The third-order valence-corrected chi connectivity index (χ3v) is 5.45. The maximum absolute atomic E-state index is 11.3. The Morgan fingerprint density at radius 3 is 2.81 bits per heavy atom. The van der Waals surface area contributed by atoms with Gasteiger partial charge in [0, 0.05) is 43.4 Å². The molecule has 0 amide bonds.